The van der Waals surface area contributed by atoms with Crippen LogP contribution in [0.4, 0.5) is 4.39 Å². The van der Waals surface area contributed by atoms with E-state index in [1.54, 1.807) is 12.1 Å². The van der Waals surface area contributed by atoms with E-state index in [9.17, 15) is 4.39 Å². The highest BCUT2D eigenvalue weighted by atomic mass is 35.5. The van der Waals surface area contributed by atoms with E-state index in [1.807, 2.05) is 0 Å². The first-order valence-corrected chi connectivity index (χ1v) is 5.50. The molecule has 0 saturated heterocycles. The molecular formula is C10H9Cl3FNO. The zero-order valence-electron chi connectivity index (χ0n) is 8.44. The van der Waals surface area contributed by atoms with Crippen LogP contribution in [0.15, 0.2) is 17.3 Å². The number of alkyl halides is 1. The van der Waals surface area contributed by atoms with Gasteiger partial charge in [0.2, 0.25) is 0 Å². The van der Waals surface area contributed by atoms with Crippen LogP contribution in [0.3, 0.4) is 0 Å². The van der Waals surface area contributed by atoms with Crippen LogP contribution >= 0.6 is 34.8 Å². The van der Waals surface area contributed by atoms with Gasteiger partial charge in [-0.3, -0.25) is 0 Å². The fraction of sp³-hybridized carbons (Fsp3) is 0.300. The van der Waals surface area contributed by atoms with Crippen molar-refractivity contribution in [1.29, 1.82) is 0 Å². The Balaban J connectivity index is 3.01. The van der Waals surface area contributed by atoms with Gasteiger partial charge in [0.05, 0.1) is 5.71 Å². The number of rotatable bonds is 4. The molecule has 0 N–H and O–H groups in total. The SMILES string of the molecule is CO/N=C(\CF)Cc1c(Cl)cc(Cl)cc1Cl. The Labute approximate surface area is 108 Å². The Morgan fingerprint density at radius 3 is 2.31 bits per heavy atom. The highest BCUT2D eigenvalue weighted by Crippen LogP contribution is 2.29. The molecule has 1 aromatic rings. The van der Waals surface area contributed by atoms with E-state index >= 15 is 0 Å². The van der Waals surface area contributed by atoms with Crippen molar-refractivity contribution >= 4 is 40.5 Å². The molecule has 0 unspecified atom stereocenters. The molecule has 0 aliphatic heterocycles. The van der Waals surface area contributed by atoms with Gasteiger partial charge in [0.1, 0.15) is 13.8 Å². The lowest BCUT2D eigenvalue weighted by Crippen LogP contribution is -2.07. The number of hydrogen-bond acceptors (Lipinski definition) is 2. The maximum Gasteiger partial charge on any atom is 0.131 e. The zero-order valence-corrected chi connectivity index (χ0v) is 10.7. The summed E-state index contributed by atoms with van der Waals surface area (Å²) < 4.78 is 12.5. The minimum absolute atomic E-state index is 0.194. The minimum Gasteiger partial charge on any atom is -0.399 e. The molecular weight excluding hydrogens is 275 g/mol. The Kier molecular flexibility index (Phi) is 5.32. The third kappa shape index (κ3) is 3.51. The van der Waals surface area contributed by atoms with E-state index in [-0.39, 0.29) is 12.1 Å². The molecule has 0 aliphatic rings. The zero-order chi connectivity index (χ0) is 12.1. The molecule has 1 aromatic carbocycles. The summed E-state index contributed by atoms with van der Waals surface area (Å²) in [7, 11) is 1.35. The molecule has 0 fully saturated rings. The van der Waals surface area contributed by atoms with Crippen LogP contribution in [0, 0.1) is 0 Å². The van der Waals surface area contributed by atoms with Gasteiger partial charge in [0.15, 0.2) is 0 Å². The van der Waals surface area contributed by atoms with E-state index in [4.69, 9.17) is 34.8 Å². The molecule has 0 amide bonds. The summed E-state index contributed by atoms with van der Waals surface area (Å²) in [6.45, 7) is -0.719. The first-order chi connectivity index (χ1) is 7.58. The Hall–Kier alpha value is -0.510. The molecule has 16 heavy (non-hydrogen) atoms. The molecule has 0 aliphatic carbocycles. The lowest BCUT2D eigenvalue weighted by Gasteiger charge is -2.07. The molecule has 1 rings (SSSR count). The second kappa shape index (κ2) is 6.28. The lowest BCUT2D eigenvalue weighted by molar-refractivity contribution is 0.211. The highest BCUT2D eigenvalue weighted by molar-refractivity contribution is 6.39. The number of halogens is 4. The lowest BCUT2D eigenvalue weighted by atomic mass is 10.1. The van der Waals surface area contributed by atoms with Crippen molar-refractivity contribution < 1.29 is 9.23 Å². The quantitative estimate of drug-likeness (QED) is 0.601. The van der Waals surface area contributed by atoms with Gasteiger partial charge in [-0.05, 0) is 17.7 Å². The molecule has 0 heterocycles. The molecule has 2 nitrogen and oxygen atoms in total. The third-order valence-corrected chi connectivity index (χ3v) is 2.75. The van der Waals surface area contributed by atoms with E-state index in [2.05, 4.69) is 9.99 Å². The van der Waals surface area contributed by atoms with Crippen molar-refractivity contribution in [2.45, 2.75) is 6.42 Å². The molecule has 88 valence electrons. The van der Waals surface area contributed by atoms with Crippen LogP contribution in [0.2, 0.25) is 15.1 Å². The Morgan fingerprint density at radius 1 is 1.31 bits per heavy atom. The number of hydrogen-bond donors (Lipinski definition) is 0. The predicted octanol–water partition coefficient (Wildman–Crippen LogP) is 4.16. The summed E-state index contributed by atoms with van der Waals surface area (Å²) in [5.41, 5.74) is 0.801. The van der Waals surface area contributed by atoms with Gasteiger partial charge in [-0.2, -0.15) is 0 Å². The van der Waals surface area contributed by atoms with Gasteiger partial charge in [0, 0.05) is 21.5 Å². The van der Waals surface area contributed by atoms with Crippen LogP contribution in [-0.2, 0) is 11.3 Å². The van der Waals surface area contributed by atoms with Crippen molar-refractivity contribution in [3.8, 4) is 0 Å². The monoisotopic (exact) mass is 283 g/mol. The largest absolute Gasteiger partial charge is 0.399 e. The fourth-order valence-electron chi connectivity index (χ4n) is 1.18. The van der Waals surface area contributed by atoms with Gasteiger partial charge in [0.25, 0.3) is 0 Å². The molecule has 0 atom stereocenters. The molecule has 0 spiro atoms. The second-order valence-corrected chi connectivity index (χ2v) is 4.25. The summed E-state index contributed by atoms with van der Waals surface area (Å²) in [4.78, 5) is 4.51. The summed E-state index contributed by atoms with van der Waals surface area (Å²) in [5, 5.41) is 4.74. The number of oxime groups is 1. The number of benzene rings is 1. The summed E-state index contributed by atoms with van der Waals surface area (Å²) in [6.07, 6.45) is 0.194. The second-order valence-electron chi connectivity index (χ2n) is 3.00. The van der Waals surface area contributed by atoms with E-state index < -0.39 is 6.67 Å². The van der Waals surface area contributed by atoms with E-state index in [1.165, 1.54) is 7.11 Å². The standard InChI is InChI=1S/C10H9Cl3FNO/c1-16-15-7(5-14)4-8-9(12)2-6(11)3-10(8)13/h2-3H,4-5H2,1H3/b15-7-. The predicted molar refractivity (Wildman–Crippen MR) is 65.6 cm³/mol. The maximum absolute atomic E-state index is 12.5. The van der Waals surface area contributed by atoms with Crippen molar-refractivity contribution in [3.05, 3.63) is 32.8 Å². The summed E-state index contributed by atoms with van der Waals surface area (Å²) in [5.74, 6) is 0. The Bertz CT molecular complexity index is 386. The van der Waals surface area contributed by atoms with Crippen LogP contribution < -0.4 is 0 Å². The van der Waals surface area contributed by atoms with Crippen molar-refractivity contribution in [2.24, 2.45) is 5.16 Å². The topological polar surface area (TPSA) is 21.6 Å². The van der Waals surface area contributed by atoms with Gasteiger partial charge in [-0.1, -0.05) is 40.0 Å². The van der Waals surface area contributed by atoms with Gasteiger partial charge >= 0.3 is 0 Å². The summed E-state index contributed by atoms with van der Waals surface area (Å²) >= 11 is 17.7. The van der Waals surface area contributed by atoms with Gasteiger partial charge < -0.3 is 4.84 Å². The van der Waals surface area contributed by atoms with Crippen LogP contribution in [0.5, 0.6) is 0 Å². The van der Waals surface area contributed by atoms with E-state index in [0.29, 0.717) is 20.6 Å². The first-order valence-electron chi connectivity index (χ1n) is 4.36. The average molecular weight is 285 g/mol. The van der Waals surface area contributed by atoms with Crippen LogP contribution in [0.1, 0.15) is 5.56 Å². The minimum atomic E-state index is -0.719. The van der Waals surface area contributed by atoms with Crippen molar-refractivity contribution in [3.63, 3.8) is 0 Å². The smallest absolute Gasteiger partial charge is 0.131 e. The molecule has 0 bridgehead atoms. The van der Waals surface area contributed by atoms with Gasteiger partial charge in [-0.15, -0.1) is 0 Å². The first kappa shape index (κ1) is 13.6. The molecule has 0 aromatic heterocycles. The van der Waals surface area contributed by atoms with Crippen LogP contribution in [-0.4, -0.2) is 19.5 Å². The fourth-order valence-corrected chi connectivity index (χ4v) is 2.13. The number of nitrogens with zero attached hydrogens (tertiary/aromatic N) is 1. The van der Waals surface area contributed by atoms with Crippen molar-refractivity contribution in [1.82, 2.24) is 0 Å². The Morgan fingerprint density at radius 2 is 1.88 bits per heavy atom. The summed E-state index contributed by atoms with van der Waals surface area (Å²) in [6, 6.07) is 3.10. The van der Waals surface area contributed by atoms with Gasteiger partial charge in [-0.25, -0.2) is 4.39 Å². The maximum atomic E-state index is 12.5. The average Bonchev–Trinajstić information content (AvgIpc) is 2.21. The van der Waals surface area contributed by atoms with E-state index in [0.717, 1.165) is 0 Å². The molecule has 0 radical (unpaired) electrons. The molecule has 0 saturated carbocycles. The third-order valence-electron chi connectivity index (χ3n) is 1.86. The highest BCUT2D eigenvalue weighted by Gasteiger charge is 2.11. The van der Waals surface area contributed by atoms with Crippen LogP contribution in [0.25, 0.3) is 0 Å². The van der Waals surface area contributed by atoms with Crippen molar-refractivity contribution in [2.75, 3.05) is 13.8 Å². The normalized spacial score (nSPS) is 11.7. The molecule has 6 heteroatoms.